The van der Waals surface area contributed by atoms with Crippen LogP contribution >= 0.6 is 0 Å². The summed E-state index contributed by atoms with van der Waals surface area (Å²) in [5.74, 6) is 0. The first-order valence-electron chi connectivity index (χ1n) is 3.65. The quantitative estimate of drug-likeness (QED) is 0.402. The van der Waals surface area contributed by atoms with Gasteiger partial charge in [-0.2, -0.15) is 0 Å². The summed E-state index contributed by atoms with van der Waals surface area (Å²) in [4.78, 5) is 0. The Hall–Kier alpha value is 1.74. The van der Waals surface area contributed by atoms with Gasteiger partial charge in [0, 0.05) is 0 Å². The standard InChI is InChI=1S/2H10Si4/c1-4(2)3;1-3-4-2/h4H,1-3H3;3-4H2,1-2H3. The zero-order valence-corrected chi connectivity index (χ0v) is 21.0. The molecule has 0 aliphatic heterocycles. The second-order valence-electron chi connectivity index (χ2n) is 2.73. The Morgan fingerprint density at radius 2 is 1.00 bits per heavy atom. The van der Waals surface area contributed by atoms with Gasteiger partial charge in [-0.05, 0) is 73.3 Å². The minimum Gasteiger partial charge on any atom is -0.0120 e. The van der Waals surface area contributed by atoms with E-state index in [-0.39, 0.29) is 7.35 Å². The molecule has 0 atom stereocenters. The van der Waals surface area contributed by atoms with Crippen LogP contribution in [0.1, 0.15) is 0 Å². The van der Waals surface area contributed by atoms with Gasteiger partial charge < -0.3 is 0 Å². The van der Waals surface area contributed by atoms with Crippen LogP contribution in [-0.4, -0.2) is 73.3 Å². The second-order valence-corrected chi connectivity index (χ2v) is 73.8. The molecule has 0 saturated carbocycles. The van der Waals surface area contributed by atoms with Crippen LogP contribution in [0.3, 0.4) is 0 Å². The average molecular weight is 245 g/mol. The zero-order valence-electron chi connectivity index (χ0n) is 6.99. The fraction of sp³-hybridized carbons (Fsp3) is 0. The van der Waals surface area contributed by atoms with Gasteiger partial charge in [0.1, 0.15) is 0 Å². The number of hydrogen-bond donors (Lipinski definition) is 0. The fourth-order valence-electron chi connectivity index (χ4n) is 0. The maximum absolute atomic E-state index is 1.62. The molecule has 0 saturated heterocycles. The summed E-state index contributed by atoms with van der Waals surface area (Å²) in [6.07, 6.45) is 0. The molecule has 0 rings (SSSR count). The van der Waals surface area contributed by atoms with Crippen molar-refractivity contribution in [3.05, 3.63) is 0 Å². The first-order valence-corrected chi connectivity index (χ1v) is 32.8. The molecule has 0 radical (unpaired) electrons. The van der Waals surface area contributed by atoms with E-state index < -0.39 is 0 Å². The smallest absolute Gasteiger partial charge is 0.00850 e. The van der Waals surface area contributed by atoms with Crippen LogP contribution in [0.25, 0.3) is 0 Å². The van der Waals surface area contributed by atoms with Gasteiger partial charge in [-0.3, -0.25) is 0 Å². The highest BCUT2D eigenvalue weighted by Crippen LogP contribution is 1.35. The lowest BCUT2D eigenvalue weighted by atomic mass is 26.4. The summed E-state index contributed by atoms with van der Waals surface area (Å²) >= 11 is 0. The van der Waals surface area contributed by atoms with Crippen molar-refractivity contribution in [3.63, 3.8) is 0 Å². The van der Waals surface area contributed by atoms with Crippen LogP contribution in [0.15, 0.2) is 0 Å². The molecule has 8 heavy (non-hydrogen) atoms. The molecule has 52 valence electrons. The molecule has 0 aromatic heterocycles. The predicted octanol–water partition coefficient (Wildman–Crippen LogP) is -8.40. The van der Waals surface area contributed by atoms with Crippen molar-refractivity contribution in [3.8, 4) is 0 Å². The van der Waals surface area contributed by atoms with Crippen molar-refractivity contribution in [2.24, 2.45) is 0 Å². The summed E-state index contributed by atoms with van der Waals surface area (Å²) in [7, 11) is 9.89. The van der Waals surface area contributed by atoms with Gasteiger partial charge >= 0.3 is 0 Å². The lowest BCUT2D eigenvalue weighted by Gasteiger charge is -1.74. The van der Waals surface area contributed by atoms with E-state index in [0.717, 1.165) is 17.1 Å². The van der Waals surface area contributed by atoms with E-state index >= 15 is 0 Å². The Bertz CT molecular complexity index is 16.5. The van der Waals surface area contributed by atoms with Crippen LogP contribution in [0.2, 0.25) is 0 Å². The largest absolute Gasteiger partial charge is 0.0120 e. The lowest BCUT2D eigenvalue weighted by molar-refractivity contribution is 4.02. The van der Waals surface area contributed by atoms with Crippen molar-refractivity contribution in [2.45, 2.75) is 0 Å². The minimum absolute atomic E-state index is 0.278. The SMILES string of the molecule is [SiH3][SiH2][SiH2][SiH3].[SiH3][SiH]([SiH3])[SiH3]. The third-order valence-corrected chi connectivity index (χ3v) is 40.5. The van der Waals surface area contributed by atoms with Crippen molar-refractivity contribution < 1.29 is 0 Å². The molecule has 0 N–H and O–H groups in total. The molecule has 0 aromatic carbocycles. The third-order valence-electron chi connectivity index (χ3n) is 0.500. The highest BCUT2D eigenvalue weighted by atomic mass is 29.8. The van der Waals surface area contributed by atoms with Crippen molar-refractivity contribution in [1.29, 1.82) is 0 Å². The number of rotatable bonds is 1. The molecule has 8 heteroatoms. The molecular weight excluding hydrogens is 225 g/mol. The van der Waals surface area contributed by atoms with Gasteiger partial charge in [-0.25, -0.2) is 0 Å². The summed E-state index contributed by atoms with van der Waals surface area (Å²) < 4.78 is 0. The molecule has 0 aliphatic carbocycles. The number of hydrogen-bond acceptors (Lipinski definition) is 0. The van der Waals surface area contributed by atoms with E-state index in [1.165, 1.54) is 0 Å². The Labute approximate surface area is 73.1 Å². The van der Waals surface area contributed by atoms with Gasteiger partial charge in [-0.15, -0.1) is 0 Å². The van der Waals surface area contributed by atoms with Crippen molar-refractivity contribution >= 4 is 73.3 Å². The molecular formula is H20Si8. The minimum atomic E-state index is 0.278. The summed E-state index contributed by atoms with van der Waals surface area (Å²) in [6, 6.07) is 0. The second kappa shape index (κ2) is 11.5. The first kappa shape index (κ1) is 12.4. The molecule has 0 amide bonds. The molecule has 0 nitrogen and oxygen atoms in total. The normalized spacial score (nSPS) is 16.5. The molecule has 0 heterocycles. The predicted molar refractivity (Wildman–Crippen MR) is 73.9 cm³/mol. The van der Waals surface area contributed by atoms with Crippen LogP contribution in [0.4, 0.5) is 0 Å². The molecule has 0 bridgehead atoms. The van der Waals surface area contributed by atoms with Gasteiger partial charge in [0.25, 0.3) is 0 Å². The van der Waals surface area contributed by atoms with Crippen LogP contribution < -0.4 is 0 Å². The fourth-order valence-corrected chi connectivity index (χ4v) is 0. The Morgan fingerprint density at radius 3 is 1.00 bits per heavy atom. The summed E-state index contributed by atoms with van der Waals surface area (Å²) in [5.41, 5.74) is 0. The van der Waals surface area contributed by atoms with Gasteiger partial charge in [0.15, 0.2) is 0 Å². The van der Waals surface area contributed by atoms with Gasteiger partial charge in [0.05, 0.1) is 0 Å². The van der Waals surface area contributed by atoms with Crippen molar-refractivity contribution in [1.82, 2.24) is 0 Å². The third kappa shape index (κ3) is 46.9. The average Bonchev–Trinajstić information content (AvgIpc) is 1.65. The molecule has 0 aliphatic rings. The Morgan fingerprint density at radius 1 is 0.875 bits per heavy atom. The van der Waals surface area contributed by atoms with Gasteiger partial charge in [0.2, 0.25) is 0 Å². The molecule has 0 aromatic rings. The van der Waals surface area contributed by atoms with E-state index in [1.807, 2.05) is 0 Å². The first-order chi connectivity index (χ1) is 3.65. The molecule has 0 unspecified atom stereocenters. The monoisotopic (exact) mass is 244 g/mol. The van der Waals surface area contributed by atoms with Crippen molar-refractivity contribution in [2.75, 3.05) is 0 Å². The highest BCUT2D eigenvalue weighted by Gasteiger charge is 1.72. The van der Waals surface area contributed by atoms with E-state index in [0.29, 0.717) is 0 Å². The molecule has 0 spiro atoms. The van der Waals surface area contributed by atoms with E-state index in [9.17, 15) is 0 Å². The zero-order chi connectivity index (χ0) is 6.99. The van der Waals surface area contributed by atoms with Crippen LogP contribution in [-0.2, 0) is 0 Å². The van der Waals surface area contributed by atoms with E-state index in [1.54, 1.807) is 48.8 Å². The maximum atomic E-state index is 1.62. The highest BCUT2D eigenvalue weighted by molar-refractivity contribution is 7.49. The summed E-state index contributed by atoms with van der Waals surface area (Å²) in [6.45, 7) is 0. The Balaban J connectivity index is 0. The van der Waals surface area contributed by atoms with Gasteiger partial charge in [-0.1, -0.05) is 0 Å². The van der Waals surface area contributed by atoms with E-state index in [2.05, 4.69) is 0 Å². The Kier molecular flexibility index (Phi) is 17.9. The topological polar surface area (TPSA) is 0 Å². The summed E-state index contributed by atoms with van der Waals surface area (Å²) in [5, 5.41) is 0. The van der Waals surface area contributed by atoms with Crippen LogP contribution in [0, 0.1) is 0 Å². The lowest BCUT2D eigenvalue weighted by Crippen LogP contribution is -2.11. The maximum Gasteiger partial charge on any atom is -0.00850 e. The molecule has 0 fully saturated rings. The van der Waals surface area contributed by atoms with Crippen LogP contribution in [0.5, 0.6) is 0 Å². The van der Waals surface area contributed by atoms with E-state index in [4.69, 9.17) is 0 Å².